The number of nitrogens with zero attached hydrogens (tertiary/aromatic N) is 2. The summed E-state index contributed by atoms with van der Waals surface area (Å²) < 4.78 is 0. The van der Waals surface area contributed by atoms with E-state index in [1.165, 1.54) is 84.3 Å². The van der Waals surface area contributed by atoms with Gasteiger partial charge in [0.15, 0.2) is 0 Å². The molecule has 2 fully saturated rings. The van der Waals surface area contributed by atoms with Gasteiger partial charge in [-0.1, -0.05) is 6.92 Å². The predicted molar refractivity (Wildman–Crippen MR) is 78.0 cm³/mol. The third kappa shape index (κ3) is 4.52. The standard InChI is InChI=1S/C15H31N3/c1-2-8-16-9-3-4-10-17-11-6-13-18-12-5-7-15(18)14-17/h15-16H,2-14H2,1H3. The normalized spacial score (nSPS) is 26.2. The lowest BCUT2D eigenvalue weighted by Gasteiger charge is -2.25. The Hall–Kier alpha value is -0.120. The van der Waals surface area contributed by atoms with E-state index in [2.05, 4.69) is 22.0 Å². The van der Waals surface area contributed by atoms with Crippen molar-refractivity contribution in [2.24, 2.45) is 0 Å². The maximum absolute atomic E-state index is 3.50. The molecule has 2 aliphatic rings. The Morgan fingerprint density at radius 1 is 1.06 bits per heavy atom. The number of unbranched alkanes of at least 4 members (excludes halogenated alkanes) is 1. The molecule has 0 aromatic heterocycles. The highest BCUT2D eigenvalue weighted by Crippen LogP contribution is 2.21. The topological polar surface area (TPSA) is 18.5 Å². The Bertz CT molecular complexity index is 220. The van der Waals surface area contributed by atoms with Crippen molar-refractivity contribution in [3.63, 3.8) is 0 Å². The molecule has 0 amide bonds. The number of nitrogens with one attached hydrogen (secondary N) is 1. The SMILES string of the molecule is CCCNCCCCN1CCCN2CCCC2C1. The molecule has 1 N–H and O–H groups in total. The highest BCUT2D eigenvalue weighted by molar-refractivity contribution is 4.84. The molecule has 0 radical (unpaired) electrons. The molecule has 0 aromatic rings. The van der Waals surface area contributed by atoms with Crippen molar-refractivity contribution < 1.29 is 0 Å². The first-order valence-electron chi connectivity index (χ1n) is 8.07. The highest BCUT2D eigenvalue weighted by atomic mass is 15.3. The van der Waals surface area contributed by atoms with Crippen LogP contribution in [0.25, 0.3) is 0 Å². The second-order valence-electron chi connectivity index (χ2n) is 5.94. The van der Waals surface area contributed by atoms with Gasteiger partial charge >= 0.3 is 0 Å². The average Bonchev–Trinajstić information content (AvgIpc) is 2.72. The Labute approximate surface area is 113 Å². The van der Waals surface area contributed by atoms with Gasteiger partial charge in [-0.15, -0.1) is 0 Å². The lowest BCUT2D eigenvalue weighted by molar-refractivity contribution is 0.218. The van der Waals surface area contributed by atoms with E-state index >= 15 is 0 Å². The second-order valence-corrected chi connectivity index (χ2v) is 5.94. The lowest BCUT2D eigenvalue weighted by Crippen LogP contribution is -2.37. The fourth-order valence-corrected chi connectivity index (χ4v) is 3.37. The average molecular weight is 253 g/mol. The number of hydrogen-bond donors (Lipinski definition) is 1. The number of hydrogen-bond acceptors (Lipinski definition) is 3. The van der Waals surface area contributed by atoms with Crippen LogP contribution in [0.2, 0.25) is 0 Å². The first-order valence-corrected chi connectivity index (χ1v) is 8.07. The van der Waals surface area contributed by atoms with Gasteiger partial charge in [-0.05, 0) is 77.8 Å². The predicted octanol–water partition coefficient (Wildman–Crippen LogP) is 1.94. The molecule has 0 aromatic carbocycles. The molecular formula is C15H31N3. The Morgan fingerprint density at radius 2 is 1.94 bits per heavy atom. The van der Waals surface area contributed by atoms with E-state index in [0.717, 1.165) is 6.04 Å². The van der Waals surface area contributed by atoms with E-state index in [9.17, 15) is 0 Å². The van der Waals surface area contributed by atoms with Crippen molar-refractivity contribution in [1.82, 2.24) is 15.1 Å². The van der Waals surface area contributed by atoms with Gasteiger partial charge in [0.2, 0.25) is 0 Å². The summed E-state index contributed by atoms with van der Waals surface area (Å²) in [6, 6.07) is 0.880. The van der Waals surface area contributed by atoms with Crippen LogP contribution < -0.4 is 5.32 Å². The zero-order chi connectivity index (χ0) is 12.6. The molecule has 0 aliphatic carbocycles. The van der Waals surface area contributed by atoms with Crippen LogP contribution in [0.15, 0.2) is 0 Å². The zero-order valence-electron chi connectivity index (χ0n) is 12.2. The molecule has 18 heavy (non-hydrogen) atoms. The van der Waals surface area contributed by atoms with Gasteiger partial charge in [0.25, 0.3) is 0 Å². The fourth-order valence-electron chi connectivity index (χ4n) is 3.37. The first-order chi connectivity index (χ1) is 8.90. The molecule has 2 heterocycles. The fraction of sp³-hybridized carbons (Fsp3) is 1.00. The van der Waals surface area contributed by atoms with Crippen molar-refractivity contribution in [2.45, 2.75) is 51.5 Å². The van der Waals surface area contributed by atoms with Crippen molar-refractivity contribution in [3.8, 4) is 0 Å². The third-order valence-corrected chi connectivity index (χ3v) is 4.39. The van der Waals surface area contributed by atoms with E-state index in [0.29, 0.717) is 0 Å². The molecule has 1 unspecified atom stereocenters. The molecular weight excluding hydrogens is 222 g/mol. The largest absolute Gasteiger partial charge is 0.317 e. The van der Waals surface area contributed by atoms with Crippen molar-refractivity contribution >= 4 is 0 Å². The Balaban J connectivity index is 1.57. The van der Waals surface area contributed by atoms with Crippen molar-refractivity contribution in [1.29, 1.82) is 0 Å². The van der Waals surface area contributed by atoms with Gasteiger partial charge in [-0.3, -0.25) is 4.90 Å². The van der Waals surface area contributed by atoms with Gasteiger partial charge in [0.1, 0.15) is 0 Å². The van der Waals surface area contributed by atoms with E-state index in [-0.39, 0.29) is 0 Å². The van der Waals surface area contributed by atoms with Gasteiger partial charge in [-0.2, -0.15) is 0 Å². The molecule has 2 saturated heterocycles. The quantitative estimate of drug-likeness (QED) is 0.700. The van der Waals surface area contributed by atoms with Gasteiger partial charge < -0.3 is 10.2 Å². The lowest BCUT2D eigenvalue weighted by atomic mass is 10.2. The minimum absolute atomic E-state index is 0.880. The molecule has 1 atom stereocenters. The smallest absolute Gasteiger partial charge is 0.0223 e. The van der Waals surface area contributed by atoms with Gasteiger partial charge in [-0.25, -0.2) is 0 Å². The molecule has 3 heteroatoms. The summed E-state index contributed by atoms with van der Waals surface area (Å²) in [5.74, 6) is 0. The minimum Gasteiger partial charge on any atom is -0.317 e. The molecule has 0 spiro atoms. The maximum Gasteiger partial charge on any atom is 0.0223 e. The van der Waals surface area contributed by atoms with Gasteiger partial charge in [0, 0.05) is 12.6 Å². The summed E-state index contributed by atoms with van der Waals surface area (Å²) in [4.78, 5) is 5.44. The summed E-state index contributed by atoms with van der Waals surface area (Å²) in [5, 5.41) is 3.50. The number of fused-ring (bicyclic) bond motifs is 1. The summed E-state index contributed by atoms with van der Waals surface area (Å²) in [6.45, 7) is 11.3. The summed E-state index contributed by atoms with van der Waals surface area (Å²) >= 11 is 0. The van der Waals surface area contributed by atoms with E-state index in [1.54, 1.807) is 0 Å². The molecule has 0 bridgehead atoms. The van der Waals surface area contributed by atoms with Crippen molar-refractivity contribution in [3.05, 3.63) is 0 Å². The van der Waals surface area contributed by atoms with Crippen LogP contribution in [0.4, 0.5) is 0 Å². The monoisotopic (exact) mass is 253 g/mol. The molecule has 2 rings (SSSR count). The molecule has 106 valence electrons. The minimum atomic E-state index is 0.880. The van der Waals surface area contributed by atoms with Crippen LogP contribution in [0, 0.1) is 0 Å². The Morgan fingerprint density at radius 3 is 2.83 bits per heavy atom. The molecule has 0 saturated carbocycles. The van der Waals surface area contributed by atoms with Crippen LogP contribution in [-0.4, -0.2) is 61.7 Å². The van der Waals surface area contributed by atoms with E-state index < -0.39 is 0 Å². The zero-order valence-corrected chi connectivity index (χ0v) is 12.2. The summed E-state index contributed by atoms with van der Waals surface area (Å²) in [7, 11) is 0. The Kier molecular flexibility index (Phi) is 6.46. The van der Waals surface area contributed by atoms with Crippen molar-refractivity contribution in [2.75, 3.05) is 45.8 Å². The molecule has 2 aliphatic heterocycles. The second kappa shape index (κ2) is 8.13. The third-order valence-electron chi connectivity index (χ3n) is 4.39. The van der Waals surface area contributed by atoms with Gasteiger partial charge in [0.05, 0.1) is 0 Å². The molecule has 3 nitrogen and oxygen atoms in total. The number of rotatable bonds is 7. The maximum atomic E-state index is 3.50. The first kappa shape index (κ1) is 14.3. The van der Waals surface area contributed by atoms with Crippen LogP contribution >= 0.6 is 0 Å². The van der Waals surface area contributed by atoms with E-state index in [4.69, 9.17) is 0 Å². The highest BCUT2D eigenvalue weighted by Gasteiger charge is 2.28. The van der Waals surface area contributed by atoms with E-state index in [1.807, 2.05) is 0 Å². The van der Waals surface area contributed by atoms with Crippen LogP contribution in [0.3, 0.4) is 0 Å². The van der Waals surface area contributed by atoms with Crippen LogP contribution in [0.5, 0.6) is 0 Å². The van der Waals surface area contributed by atoms with Crippen LogP contribution in [0.1, 0.15) is 45.4 Å². The van der Waals surface area contributed by atoms with Crippen LogP contribution in [-0.2, 0) is 0 Å². The summed E-state index contributed by atoms with van der Waals surface area (Å²) in [5.41, 5.74) is 0. The summed E-state index contributed by atoms with van der Waals surface area (Å²) in [6.07, 6.45) is 8.20.